The summed E-state index contributed by atoms with van der Waals surface area (Å²) in [6.45, 7) is 0. The lowest BCUT2D eigenvalue weighted by molar-refractivity contribution is 1.08. The monoisotopic (exact) mass is 612 g/mol. The van der Waals surface area contributed by atoms with Crippen molar-refractivity contribution in [2.75, 3.05) is 0 Å². The van der Waals surface area contributed by atoms with E-state index in [1.165, 1.54) is 43.7 Å². The Bertz CT molecular complexity index is 2810. The third-order valence-corrected chi connectivity index (χ3v) is 9.52. The summed E-state index contributed by atoms with van der Waals surface area (Å²) in [6.07, 6.45) is 0. The number of hydrogen-bond acceptors (Lipinski definition) is 2. The van der Waals surface area contributed by atoms with Crippen molar-refractivity contribution in [3.05, 3.63) is 170 Å². The molecule has 7 aromatic carbocycles. The van der Waals surface area contributed by atoms with E-state index in [0.717, 1.165) is 44.8 Å². The quantitative estimate of drug-likeness (QED) is 0.198. The van der Waals surface area contributed by atoms with E-state index >= 15 is 0 Å². The van der Waals surface area contributed by atoms with Crippen LogP contribution in [0.25, 0.3) is 88.5 Å². The van der Waals surface area contributed by atoms with E-state index in [-0.39, 0.29) is 0 Å². The van der Waals surface area contributed by atoms with Gasteiger partial charge in [0.2, 0.25) is 0 Å². The number of nitrogens with zero attached hydrogens (tertiary/aromatic N) is 4. The van der Waals surface area contributed by atoms with Gasteiger partial charge in [0.1, 0.15) is 5.69 Å². The summed E-state index contributed by atoms with van der Waals surface area (Å²) in [7, 11) is 0. The van der Waals surface area contributed by atoms with E-state index in [9.17, 15) is 0 Å². The van der Waals surface area contributed by atoms with Crippen molar-refractivity contribution < 1.29 is 0 Å². The minimum Gasteiger partial charge on any atom is -0.309 e. The van der Waals surface area contributed by atoms with Crippen molar-refractivity contribution in [3.8, 4) is 33.9 Å². The predicted octanol–water partition coefficient (Wildman–Crippen LogP) is 11.2. The second-order valence-corrected chi connectivity index (χ2v) is 12.2. The Hall–Kier alpha value is -6.52. The van der Waals surface area contributed by atoms with Crippen LogP contribution in [0.2, 0.25) is 0 Å². The molecule has 0 aliphatic heterocycles. The van der Waals surface area contributed by atoms with Gasteiger partial charge in [-0.2, -0.15) is 0 Å². The van der Waals surface area contributed by atoms with E-state index in [2.05, 4.69) is 149 Å². The first-order valence-electron chi connectivity index (χ1n) is 16.3. The fraction of sp³-hybridized carbons (Fsp3) is 0. The van der Waals surface area contributed by atoms with Gasteiger partial charge in [0.15, 0.2) is 5.82 Å². The molecule has 0 saturated carbocycles. The Balaban J connectivity index is 1.30. The van der Waals surface area contributed by atoms with Gasteiger partial charge in [0.05, 0.1) is 33.1 Å². The third-order valence-electron chi connectivity index (χ3n) is 9.52. The number of fused-ring (bicyclic) bond motifs is 8. The van der Waals surface area contributed by atoms with Crippen LogP contribution in [-0.4, -0.2) is 19.1 Å². The summed E-state index contributed by atoms with van der Waals surface area (Å²) in [5, 5.41) is 4.87. The minimum absolute atomic E-state index is 0.818. The van der Waals surface area contributed by atoms with Crippen molar-refractivity contribution in [2.24, 2.45) is 0 Å². The highest BCUT2D eigenvalue weighted by Gasteiger charge is 2.23. The molecule has 3 aromatic heterocycles. The van der Waals surface area contributed by atoms with Crippen LogP contribution in [0.3, 0.4) is 0 Å². The molecule has 0 unspecified atom stereocenters. The Kier molecular flexibility index (Phi) is 5.84. The number of rotatable bonds is 4. The van der Waals surface area contributed by atoms with Gasteiger partial charge in [-0.15, -0.1) is 0 Å². The fourth-order valence-electron chi connectivity index (χ4n) is 7.39. The van der Waals surface area contributed by atoms with Gasteiger partial charge in [-0.25, -0.2) is 9.97 Å². The van der Waals surface area contributed by atoms with Gasteiger partial charge in [0.25, 0.3) is 0 Å². The Labute approximate surface area is 276 Å². The van der Waals surface area contributed by atoms with Gasteiger partial charge in [0, 0.05) is 32.8 Å². The van der Waals surface area contributed by atoms with Crippen molar-refractivity contribution >= 4 is 54.6 Å². The van der Waals surface area contributed by atoms with Gasteiger partial charge in [-0.3, -0.25) is 4.57 Å². The van der Waals surface area contributed by atoms with Crippen LogP contribution >= 0.6 is 0 Å². The van der Waals surface area contributed by atoms with Crippen molar-refractivity contribution in [2.45, 2.75) is 0 Å². The summed E-state index contributed by atoms with van der Waals surface area (Å²) in [6, 6.07) is 59.9. The van der Waals surface area contributed by atoms with E-state index in [1.807, 2.05) is 30.3 Å². The molecule has 0 N–H and O–H groups in total. The molecule has 10 rings (SSSR count). The summed E-state index contributed by atoms with van der Waals surface area (Å²) in [5.41, 5.74) is 11.7. The first-order valence-corrected chi connectivity index (χ1v) is 16.3. The zero-order valence-corrected chi connectivity index (χ0v) is 26.0. The Morgan fingerprint density at radius 2 is 0.812 bits per heavy atom. The summed E-state index contributed by atoms with van der Waals surface area (Å²) < 4.78 is 4.70. The van der Waals surface area contributed by atoms with E-state index in [4.69, 9.17) is 9.97 Å². The van der Waals surface area contributed by atoms with Crippen LogP contribution in [0.15, 0.2) is 170 Å². The molecule has 0 atom stereocenters. The summed E-state index contributed by atoms with van der Waals surface area (Å²) >= 11 is 0. The number of hydrogen-bond donors (Lipinski definition) is 0. The third kappa shape index (κ3) is 3.96. The second-order valence-electron chi connectivity index (χ2n) is 12.2. The molecule has 0 fully saturated rings. The molecule has 4 nitrogen and oxygen atoms in total. The Morgan fingerprint density at radius 1 is 0.333 bits per heavy atom. The lowest BCUT2D eigenvalue weighted by Gasteiger charge is -2.14. The normalized spacial score (nSPS) is 11.8. The molecular weight excluding hydrogens is 585 g/mol. The van der Waals surface area contributed by atoms with Crippen LogP contribution in [0, 0.1) is 0 Å². The highest BCUT2D eigenvalue weighted by molar-refractivity contribution is 6.29. The topological polar surface area (TPSA) is 35.6 Å². The molecule has 0 spiro atoms. The molecule has 0 aliphatic carbocycles. The second kappa shape index (κ2) is 10.5. The maximum atomic E-state index is 5.37. The molecule has 4 heteroatoms. The average Bonchev–Trinajstić information content (AvgIpc) is 3.68. The smallest absolute Gasteiger partial charge is 0.165 e. The average molecular weight is 613 g/mol. The van der Waals surface area contributed by atoms with E-state index in [0.29, 0.717) is 0 Å². The molecule has 0 bridgehead atoms. The van der Waals surface area contributed by atoms with Crippen molar-refractivity contribution in [1.82, 2.24) is 19.1 Å². The maximum absolute atomic E-state index is 5.37. The van der Waals surface area contributed by atoms with E-state index < -0.39 is 0 Å². The number of benzene rings is 7. The van der Waals surface area contributed by atoms with Crippen LogP contribution in [-0.2, 0) is 0 Å². The summed E-state index contributed by atoms with van der Waals surface area (Å²) in [4.78, 5) is 10.7. The van der Waals surface area contributed by atoms with Gasteiger partial charge in [-0.1, -0.05) is 121 Å². The van der Waals surface area contributed by atoms with Gasteiger partial charge in [-0.05, 0) is 59.7 Å². The van der Waals surface area contributed by atoms with Crippen LogP contribution in [0.5, 0.6) is 0 Å². The fourth-order valence-corrected chi connectivity index (χ4v) is 7.39. The highest BCUT2D eigenvalue weighted by Crippen LogP contribution is 2.43. The lowest BCUT2D eigenvalue weighted by atomic mass is 10.0. The standard InChI is InChI=1S/C44H28N4/c1-3-13-29(14-4-1)30-23-25-31(26-24-30)43-44(46-36-20-10-9-19-35(36)45-43)48-38-22-12-8-18-34(38)42-40(48)28-27-39-41(42)33-17-7-11-21-37(33)47(39)32-15-5-2-6-16-32/h1-28H. The lowest BCUT2D eigenvalue weighted by Crippen LogP contribution is -2.03. The van der Waals surface area contributed by atoms with E-state index in [1.54, 1.807) is 0 Å². The predicted molar refractivity (Wildman–Crippen MR) is 199 cm³/mol. The van der Waals surface area contributed by atoms with Crippen LogP contribution in [0.4, 0.5) is 0 Å². The maximum Gasteiger partial charge on any atom is 0.165 e. The number of para-hydroxylation sites is 5. The number of aromatic nitrogens is 4. The summed E-state index contributed by atoms with van der Waals surface area (Å²) in [5.74, 6) is 0.818. The molecule has 224 valence electrons. The van der Waals surface area contributed by atoms with Crippen LogP contribution < -0.4 is 0 Å². The van der Waals surface area contributed by atoms with Crippen molar-refractivity contribution in [3.63, 3.8) is 0 Å². The molecule has 48 heavy (non-hydrogen) atoms. The van der Waals surface area contributed by atoms with Crippen molar-refractivity contribution in [1.29, 1.82) is 0 Å². The SMILES string of the molecule is c1ccc(-c2ccc(-c3nc4ccccc4nc3-n3c4ccccc4c4c5c6ccccc6n(-c6ccccc6)c5ccc43)cc2)cc1. The molecule has 0 amide bonds. The van der Waals surface area contributed by atoms with Crippen LogP contribution in [0.1, 0.15) is 0 Å². The molecule has 0 saturated heterocycles. The zero-order chi connectivity index (χ0) is 31.6. The molecular formula is C44H28N4. The molecule has 0 radical (unpaired) electrons. The van der Waals surface area contributed by atoms with Gasteiger partial charge >= 0.3 is 0 Å². The van der Waals surface area contributed by atoms with Gasteiger partial charge < -0.3 is 4.57 Å². The molecule has 0 aliphatic rings. The first-order chi connectivity index (χ1) is 23.8. The zero-order valence-electron chi connectivity index (χ0n) is 26.0. The molecule has 3 heterocycles. The minimum atomic E-state index is 0.818. The highest BCUT2D eigenvalue weighted by atomic mass is 15.1. The Morgan fingerprint density at radius 3 is 1.48 bits per heavy atom. The largest absolute Gasteiger partial charge is 0.309 e. The first kappa shape index (κ1) is 26.7. The molecule has 10 aromatic rings.